The highest BCUT2D eigenvalue weighted by Gasteiger charge is 2.36. The van der Waals surface area contributed by atoms with Crippen LogP contribution < -0.4 is 10.6 Å². The Hall–Kier alpha value is -2.11. The van der Waals surface area contributed by atoms with E-state index >= 15 is 0 Å². The van der Waals surface area contributed by atoms with Crippen molar-refractivity contribution in [3.8, 4) is 0 Å². The Balaban J connectivity index is 1.70. The Labute approximate surface area is 141 Å². The minimum Gasteiger partial charge on any atom is -0.326 e. The number of anilines is 2. The van der Waals surface area contributed by atoms with Gasteiger partial charge in [-0.3, -0.25) is 4.79 Å². The van der Waals surface area contributed by atoms with Crippen molar-refractivity contribution in [2.24, 2.45) is 5.92 Å². The summed E-state index contributed by atoms with van der Waals surface area (Å²) in [6.07, 6.45) is 6.88. The van der Waals surface area contributed by atoms with E-state index in [1.807, 2.05) is 4.90 Å². The van der Waals surface area contributed by atoms with E-state index in [1.165, 1.54) is 50.8 Å². The third-order valence-corrected chi connectivity index (χ3v) is 5.03. The van der Waals surface area contributed by atoms with Crippen molar-refractivity contribution in [1.29, 1.82) is 0 Å². The molecule has 1 heterocycles. The second kappa shape index (κ2) is 7.20. The van der Waals surface area contributed by atoms with Crippen molar-refractivity contribution in [2.45, 2.75) is 51.5 Å². The van der Waals surface area contributed by atoms with Gasteiger partial charge in [-0.2, -0.15) is 0 Å². The van der Waals surface area contributed by atoms with Crippen molar-refractivity contribution in [2.75, 3.05) is 17.2 Å². The fourth-order valence-electron chi connectivity index (χ4n) is 3.97. The fraction of sp³-hybridized carbons (Fsp3) is 0.556. The minimum absolute atomic E-state index is 0.100. The van der Waals surface area contributed by atoms with E-state index in [0.717, 1.165) is 19.4 Å². The Kier molecular flexibility index (Phi) is 5.02. The monoisotopic (exact) mass is 333 g/mol. The molecule has 3 amide bonds. The normalized spacial score (nSPS) is 21.1. The van der Waals surface area contributed by atoms with Gasteiger partial charge in [0.05, 0.1) is 5.69 Å². The maximum Gasteiger partial charge on any atom is 0.322 e. The molecule has 0 bridgehead atoms. The molecule has 1 unspecified atom stereocenters. The van der Waals surface area contributed by atoms with Gasteiger partial charge < -0.3 is 15.5 Å². The average molecular weight is 333 g/mol. The molecule has 0 radical (unpaired) electrons. The number of benzene rings is 1. The summed E-state index contributed by atoms with van der Waals surface area (Å²) < 4.78 is 14.0. The number of halogens is 1. The summed E-state index contributed by atoms with van der Waals surface area (Å²) in [5.74, 6) is -0.164. The number of amides is 3. The average Bonchev–Trinajstić information content (AvgIpc) is 3.19. The maximum absolute atomic E-state index is 14.0. The standard InChI is InChI=1S/C18H24FN3O2/c1-12(23)20-14-8-9-15(19)16(11-14)21-18(24)22-10-4-7-17(22)13-5-2-3-6-13/h8-9,11,13,17H,2-7,10H2,1H3,(H,20,23)(H,21,24). The number of hydrogen-bond donors (Lipinski definition) is 2. The summed E-state index contributed by atoms with van der Waals surface area (Å²) in [6, 6.07) is 4.20. The summed E-state index contributed by atoms with van der Waals surface area (Å²) in [4.78, 5) is 25.6. The van der Waals surface area contributed by atoms with Crippen LogP contribution in [0, 0.1) is 11.7 Å². The van der Waals surface area contributed by atoms with Crippen LogP contribution in [-0.2, 0) is 4.79 Å². The van der Waals surface area contributed by atoms with Crippen molar-refractivity contribution in [3.05, 3.63) is 24.0 Å². The van der Waals surface area contributed by atoms with Crippen LogP contribution in [0.5, 0.6) is 0 Å². The van der Waals surface area contributed by atoms with Gasteiger partial charge in [-0.25, -0.2) is 9.18 Å². The summed E-state index contributed by atoms with van der Waals surface area (Å²) in [5, 5.41) is 5.28. The van der Waals surface area contributed by atoms with Crippen LogP contribution in [0.1, 0.15) is 45.4 Å². The van der Waals surface area contributed by atoms with Crippen LogP contribution in [0.4, 0.5) is 20.6 Å². The molecule has 0 aromatic heterocycles. The highest BCUT2D eigenvalue weighted by Crippen LogP contribution is 2.35. The van der Waals surface area contributed by atoms with E-state index < -0.39 is 5.82 Å². The summed E-state index contributed by atoms with van der Waals surface area (Å²) in [6.45, 7) is 2.11. The summed E-state index contributed by atoms with van der Waals surface area (Å²) in [5.41, 5.74) is 0.566. The lowest BCUT2D eigenvalue weighted by atomic mass is 9.96. The molecule has 1 aliphatic carbocycles. The van der Waals surface area contributed by atoms with Gasteiger partial charge in [0.2, 0.25) is 5.91 Å². The highest BCUT2D eigenvalue weighted by atomic mass is 19.1. The molecule has 130 valence electrons. The van der Waals surface area contributed by atoms with Crippen molar-refractivity contribution in [1.82, 2.24) is 4.90 Å². The first-order valence-electron chi connectivity index (χ1n) is 8.69. The first-order valence-corrected chi connectivity index (χ1v) is 8.69. The lowest BCUT2D eigenvalue weighted by Crippen LogP contribution is -2.42. The van der Waals surface area contributed by atoms with Crippen LogP contribution in [0.2, 0.25) is 0 Å². The number of nitrogens with zero attached hydrogens (tertiary/aromatic N) is 1. The van der Waals surface area contributed by atoms with E-state index in [4.69, 9.17) is 0 Å². The molecule has 1 saturated heterocycles. The third-order valence-electron chi connectivity index (χ3n) is 5.03. The molecule has 6 heteroatoms. The molecule has 1 atom stereocenters. The molecule has 1 aromatic rings. The number of rotatable bonds is 3. The molecule has 3 rings (SSSR count). The van der Waals surface area contributed by atoms with Gasteiger partial charge >= 0.3 is 6.03 Å². The zero-order chi connectivity index (χ0) is 17.1. The Morgan fingerprint density at radius 3 is 2.58 bits per heavy atom. The Morgan fingerprint density at radius 2 is 1.88 bits per heavy atom. The van der Waals surface area contributed by atoms with E-state index in [1.54, 1.807) is 0 Å². The van der Waals surface area contributed by atoms with Gasteiger partial charge in [0.25, 0.3) is 0 Å². The largest absolute Gasteiger partial charge is 0.326 e. The van der Waals surface area contributed by atoms with Gasteiger partial charge in [-0.1, -0.05) is 12.8 Å². The molecular formula is C18H24FN3O2. The van der Waals surface area contributed by atoms with E-state index in [2.05, 4.69) is 10.6 Å². The number of carbonyl (C=O) groups is 2. The number of hydrogen-bond acceptors (Lipinski definition) is 2. The zero-order valence-corrected chi connectivity index (χ0v) is 14.0. The van der Waals surface area contributed by atoms with Crippen molar-refractivity contribution < 1.29 is 14.0 Å². The van der Waals surface area contributed by atoms with Gasteiger partial charge in [-0.05, 0) is 49.8 Å². The van der Waals surface area contributed by atoms with Gasteiger partial charge in [0.15, 0.2) is 0 Å². The SMILES string of the molecule is CC(=O)Nc1ccc(F)c(NC(=O)N2CCCC2C2CCCC2)c1. The molecular weight excluding hydrogens is 309 g/mol. The molecule has 1 aliphatic heterocycles. The topological polar surface area (TPSA) is 61.4 Å². The molecule has 2 fully saturated rings. The van der Waals surface area contributed by atoms with Crippen LogP contribution in [0.15, 0.2) is 18.2 Å². The third kappa shape index (κ3) is 3.68. The second-order valence-corrected chi connectivity index (χ2v) is 6.75. The summed E-state index contributed by atoms with van der Waals surface area (Å²) in [7, 11) is 0. The highest BCUT2D eigenvalue weighted by molar-refractivity contribution is 5.93. The van der Waals surface area contributed by atoms with Gasteiger partial charge in [0.1, 0.15) is 5.82 Å². The number of urea groups is 1. The molecule has 24 heavy (non-hydrogen) atoms. The van der Waals surface area contributed by atoms with Crippen molar-refractivity contribution in [3.63, 3.8) is 0 Å². The van der Waals surface area contributed by atoms with Crippen LogP contribution in [-0.4, -0.2) is 29.4 Å². The predicted octanol–water partition coefficient (Wildman–Crippen LogP) is 3.97. The van der Waals surface area contributed by atoms with Gasteiger partial charge in [-0.15, -0.1) is 0 Å². The van der Waals surface area contributed by atoms with Crippen LogP contribution in [0.3, 0.4) is 0 Å². The minimum atomic E-state index is -0.505. The lowest BCUT2D eigenvalue weighted by molar-refractivity contribution is -0.114. The van der Waals surface area contributed by atoms with E-state index in [-0.39, 0.29) is 23.7 Å². The molecule has 2 N–H and O–H groups in total. The van der Waals surface area contributed by atoms with Crippen LogP contribution in [0.25, 0.3) is 0 Å². The quantitative estimate of drug-likeness (QED) is 0.879. The number of nitrogens with one attached hydrogen (secondary N) is 2. The predicted molar refractivity (Wildman–Crippen MR) is 91.4 cm³/mol. The molecule has 5 nitrogen and oxygen atoms in total. The maximum atomic E-state index is 14.0. The number of likely N-dealkylation sites (tertiary alicyclic amines) is 1. The van der Waals surface area contributed by atoms with Crippen molar-refractivity contribution >= 4 is 23.3 Å². The second-order valence-electron chi connectivity index (χ2n) is 6.75. The molecule has 1 saturated carbocycles. The fourth-order valence-corrected chi connectivity index (χ4v) is 3.97. The molecule has 1 aromatic carbocycles. The van der Waals surface area contributed by atoms with E-state index in [9.17, 15) is 14.0 Å². The number of carbonyl (C=O) groups excluding carboxylic acids is 2. The first kappa shape index (κ1) is 16.7. The van der Waals surface area contributed by atoms with E-state index in [0.29, 0.717) is 11.6 Å². The molecule has 2 aliphatic rings. The smallest absolute Gasteiger partial charge is 0.322 e. The molecule has 0 spiro atoms. The lowest BCUT2D eigenvalue weighted by Gasteiger charge is -2.29. The first-order chi connectivity index (χ1) is 11.5. The Morgan fingerprint density at radius 1 is 1.12 bits per heavy atom. The van der Waals surface area contributed by atoms with Crippen LogP contribution >= 0.6 is 0 Å². The zero-order valence-electron chi connectivity index (χ0n) is 14.0. The van der Waals surface area contributed by atoms with Gasteiger partial charge in [0, 0.05) is 25.2 Å². The Bertz CT molecular complexity index is 629. The summed E-state index contributed by atoms with van der Waals surface area (Å²) >= 11 is 0.